The number of hydrogen-bond acceptors (Lipinski definition) is 4. The average Bonchev–Trinajstić information content (AvgIpc) is 3.49. The lowest BCUT2D eigenvalue weighted by Gasteiger charge is -2.19. The number of rotatable bonds is 6. The molecule has 2 aliphatic heterocycles. The molecular weight excluding hydrogens is 430 g/mol. The maximum Gasteiger partial charge on any atom is 0.320 e. The van der Waals surface area contributed by atoms with E-state index in [1.54, 1.807) is 6.07 Å². The Labute approximate surface area is 197 Å². The molecule has 176 valence electrons. The van der Waals surface area contributed by atoms with E-state index in [9.17, 15) is 9.59 Å². The number of carbonyl (C=O) groups excluding carboxylic acids is 2. The van der Waals surface area contributed by atoms with Crippen LogP contribution in [-0.2, 0) is 19.5 Å². The SMILES string of the molecule is Nc1ccc2c(n1)CCC2NC(=O)c1cn(Cc2ccc(CN3CC4CCCN4C3=O)cc2)[nH]1. The molecule has 2 atom stereocenters. The summed E-state index contributed by atoms with van der Waals surface area (Å²) in [5.41, 5.74) is 10.6. The molecule has 2 unspecified atom stereocenters. The first-order chi connectivity index (χ1) is 16.5. The molecule has 3 aromatic rings. The van der Waals surface area contributed by atoms with E-state index in [2.05, 4.69) is 39.7 Å². The van der Waals surface area contributed by atoms with E-state index >= 15 is 0 Å². The summed E-state index contributed by atoms with van der Waals surface area (Å²) < 4.78 is 1.90. The van der Waals surface area contributed by atoms with Gasteiger partial charge in [0.1, 0.15) is 11.5 Å². The quantitative estimate of drug-likeness (QED) is 0.526. The third kappa shape index (κ3) is 3.81. The molecule has 3 aliphatic rings. The Balaban J connectivity index is 1.02. The first-order valence-corrected chi connectivity index (χ1v) is 12.0. The molecule has 1 aliphatic carbocycles. The van der Waals surface area contributed by atoms with Crippen molar-refractivity contribution in [3.05, 3.63) is 70.7 Å². The highest BCUT2D eigenvalue weighted by atomic mass is 16.2. The number of hydrogen-bond donors (Lipinski definition) is 3. The second kappa shape index (κ2) is 8.23. The van der Waals surface area contributed by atoms with Gasteiger partial charge in [0.2, 0.25) is 0 Å². The van der Waals surface area contributed by atoms with Crippen LogP contribution in [0.25, 0.3) is 0 Å². The molecule has 4 heterocycles. The summed E-state index contributed by atoms with van der Waals surface area (Å²) >= 11 is 0. The van der Waals surface area contributed by atoms with Crippen molar-refractivity contribution in [2.24, 2.45) is 0 Å². The van der Waals surface area contributed by atoms with Crippen molar-refractivity contribution >= 4 is 17.8 Å². The molecule has 4 N–H and O–H groups in total. The zero-order chi connectivity index (χ0) is 23.2. The molecule has 0 bridgehead atoms. The number of nitrogen functional groups attached to an aromatic ring is 1. The lowest BCUT2D eigenvalue weighted by atomic mass is 10.1. The third-order valence-corrected chi connectivity index (χ3v) is 7.25. The molecule has 0 radical (unpaired) electrons. The average molecular weight is 460 g/mol. The fourth-order valence-electron chi connectivity index (χ4n) is 5.46. The lowest BCUT2D eigenvalue weighted by molar-refractivity contribution is 0.0923. The number of anilines is 1. The van der Waals surface area contributed by atoms with Crippen LogP contribution in [-0.4, -0.2) is 55.6 Å². The predicted octanol–water partition coefficient (Wildman–Crippen LogP) is 2.66. The van der Waals surface area contributed by atoms with E-state index in [0.717, 1.165) is 61.2 Å². The molecule has 9 nitrogen and oxygen atoms in total. The number of urea groups is 1. The second-order valence-electron chi connectivity index (χ2n) is 9.59. The van der Waals surface area contributed by atoms with E-state index in [1.807, 2.05) is 26.7 Å². The Bertz CT molecular complexity index is 1220. The molecular formula is C25H29N7O2. The Morgan fingerprint density at radius 1 is 1.12 bits per heavy atom. The predicted molar refractivity (Wildman–Crippen MR) is 127 cm³/mol. The number of fused-ring (bicyclic) bond motifs is 2. The lowest BCUT2D eigenvalue weighted by Crippen LogP contribution is -2.31. The van der Waals surface area contributed by atoms with Crippen molar-refractivity contribution in [1.29, 1.82) is 0 Å². The van der Waals surface area contributed by atoms with Crippen molar-refractivity contribution in [1.82, 2.24) is 29.9 Å². The number of aryl methyl sites for hydroxylation is 1. The smallest absolute Gasteiger partial charge is 0.320 e. The summed E-state index contributed by atoms with van der Waals surface area (Å²) in [5, 5.41) is 6.21. The maximum atomic E-state index is 12.6. The number of nitrogens with zero attached hydrogens (tertiary/aromatic N) is 4. The minimum Gasteiger partial charge on any atom is -0.384 e. The van der Waals surface area contributed by atoms with Gasteiger partial charge in [0.15, 0.2) is 0 Å². The topological polar surface area (TPSA) is 112 Å². The molecule has 34 heavy (non-hydrogen) atoms. The van der Waals surface area contributed by atoms with Gasteiger partial charge >= 0.3 is 6.03 Å². The van der Waals surface area contributed by atoms with Crippen LogP contribution >= 0.6 is 0 Å². The molecule has 0 spiro atoms. The van der Waals surface area contributed by atoms with Crippen LogP contribution < -0.4 is 11.1 Å². The summed E-state index contributed by atoms with van der Waals surface area (Å²) in [6.07, 6.45) is 5.74. The number of benzene rings is 1. The van der Waals surface area contributed by atoms with Gasteiger partial charge in [-0.1, -0.05) is 30.3 Å². The van der Waals surface area contributed by atoms with Crippen molar-refractivity contribution < 1.29 is 9.59 Å². The molecule has 2 fully saturated rings. The molecule has 2 saturated heterocycles. The zero-order valence-electron chi connectivity index (χ0n) is 19.0. The van der Waals surface area contributed by atoms with Crippen LogP contribution in [0.1, 0.15) is 58.2 Å². The normalized spacial score (nSPS) is 21.2. The van der Waals surface area contributed by atoms with Gasteiger partial charge in [0, 0.05) is 25.3 Å². The highest BCUT2D eigenvalue weighted by Gasteiger charge is 2.39. The number of pyridine rings is 1. The highest BCUT2D eigenvalue weighted by molar-refractivity contribution is 5.92. The third-order valence-electron chi connectivity index (χ3n) is 7.25. The van der Waals surface area contributed by atoms with E-state index in [4.69, 9.17) is 5.73 Å². The fraction of sp³-hybridized carbons (Fsp3) is 0.400. The van der Waals surface area contributed by atoms with Crippen LogP contribution in [0.3, 0.4) is 0 Å². The minimum absolute atomic E-state index is 0.0289. The minimum atomic E-state index is -0.114. The summed E-state index contributed by atoms with van der Waals surface area (Å²) in [5.74, 6) is 0.402. The largest absolute Gasteiger partial charge is 0.384 e. The number of aromatic amines is 1. The Hall–Kier alpha value is -3.75. The Morgan fingerprint density at radius 3 is 2.65 bits per heavy atom. The summed E-state index contributed by atoms with van der Waals surface area (Å²) in [6.45, 7) is 3.05. The second-order valence-corrected chi connectivity index (χ2v) is 9.59. The van der Waals surface area contributed by atoms with Crippen LogP contribution in [0.15, 0.2) is 42.6 Å². The molecule has 0 saturated carbocycles. The number of nitrogens with one attached hydrogen (secondary N) is 2. The zero-order valence-corrected chi connectivity index (χ0v) is 19.0. The van der Waals surface area contributed by atoms with E-state index in [1.165, 1.54) is 0 Å². The number of H-pyrrole nitrogens is 1. The van der Waals surface area contributed by atoms with E-state index in [-0.39, 0.29) is 18.0 Å². The van der Waals surface area contributed by atoms with Crippen LogP contribution in [0.5, 0.6) is 0 Å². The fourth-order valence-corrected chi connectivity index (χ4v) is 5.46. The standard InChI is InChI=1S/C25H29N7O2/c26-23-10-7-19-20(27-23)8-9-21(19)28-24(33)22-15-31(29-22)13-17-5-3-16(4-6-17)12-30-14-18-2-1-11-32(18)25(30)34/h3-7,10,15,18,21,29H,1-2,8-9,11-14H2,(H2,26,27)(H,28,33). The van der Waals surface area contributed by atoms with E-state index in [0.29, 0.717) is 30.6 Å². The molecule has 3 amide bonds. The van der Waals surface area contributed by atoms with Crippen LogP contribution in [0, 0.1) is 0 Å². The molecule has 1 aromatic carbocycles. The van der Waals surface area contributed by atoms with Crippen molar-refractivity contribution in [3.63, 3.8) is 0 Å². The van der Waals surface area contributed by atoms with Crippen LogP contribution in [0.4, 0.5) is 10.6 Å². The summed E-state index contributed by atoms with van der Waals surface area (Å²) in [6, 6.07) is 12.6. The van der Waals surface area contributed by atoms with Crippen molar-refractivity contribution in [3.8, 4) is 0 Å². The first-order valence-electron chi connectivity index (χ1n) is 12.0. The summed E-state index contributed by atoms with van der Waals surface area (Å²) in [7, 11) is 0. The van der Waals surface area contributed by atoms with Gasteiger partial charge in [-0.25, -0.2) is 9.78 Å². The van der Waals surface area contributed by atoms with Gasteiger partial charge in [-0.3, -0.25) is 14.6 Å². The first kappa shape index (κ1) is 20.8. The Kier molecular flexibility index (Phi) is 5.04. The van der Waals surface area contributed by atoms with Crippen molar-refractivity contribution in [2.45, 2.75) is 50.9 Å². The van der Waals surface area contributed by atoms with Gasteiger partial charge in [-0.15, -0.1) is 0 Å². The molecule has 9 heteroatoms. The van der Waals surface area contributed by atoms with Crippen LogP contribution in [0.2, 0.25) is 0 Å². The number of aromatic nitrogens is 3. The maximum absolute atomic E-state index is 12.6. The van der Waals surface area contributed by atoms with Gasteiger partial charge in [-0.05, 0) is 48.4 Å². The Morgan fingerprint density at radius 2 is 1.88 bits per heavy atom. The van der Waals surface area contributed by atoms with E-state index < -0.39 is 0 Å². The summed E-state index contributed by atoms with van der Waals surface area (Å²) in [4.78, 5) is 33.5. The van der Waals surface area contributed by atoms with Gasteiger partial charge in [0.25, 0.3) is 5.91 Å². The highest BCUT2D eigenvalue weighted by Crippen LogP contribution is 2.31. The van der Waals surface area contributed by atoms with Gasteiger partial charge < -0.3 is 20.9 Å². The monoisotopic (exact) mass is 459 g/mol. The molecule has 2 aromatic heterocycles. The molecule has 6 rings (SSSR count). The van der Waals surface area contributed by atoms with Gasteiger partial charge in [-0.2, -0.15) is 0 Å². The number of carbonyl (C=O) groups is 2. The van der Waals surface area contributed by atoms with Gasteiger partial charge in [0.05, 0.1) is 24.8 Å². The van der Waals surface area contributed by atoms with Crippen molar-refractivity contribution in [2.75, 3.05) is 18.8 Å². The number of amides is 3. The number of nitrogens with two attached hydrogens (primary N) is 1.